The first-order chi connectivity index (χ1) is 13.6. The van der Waals surface area contributed by atoms with Gasteiger partial charge in [0.25, 0.3) is 11.8 Å². The summed E-state index contributed by atoms with van der Waals surface area (Å²) in [6, 6.07) is 14.3. The quantitative estimate of drug-likeness (QED) is 0.566. The van der Waals surface area contributed by atoms with E-state index in [0.717, 1.165) is 32.9 Å². The molecule has 1 aliphatic rings. The van der Waals surface area contributed by atoms with Gasteiger partial charge in [-0.05, 0) is 12.1 Å². The van der Waals surface area contributed by atoms with E-state index in [2.05, 4.69) is 9.97 Å². The Balaban J connectivity index is 1.60. The molecular weight excluding hydrogens is 352 g/mol. The molecule has 2 atom stereocenters. The smallest absolute Gasteiger partial charge is 0.250 e. The molecule has 0 spiro atoms. The first-order valence-electron chi connectivity index (χ1n) is 9.23. The number of piperazine rings is 1. The molecule has 0 unspecified atom stereocenters. The van der Waals surface area contributed by atoms with Gasteiger partial charge in [0.05, 0.1) is 0 Å². The van der Waals surface area contributed by atoms with Crippen molar-refractivity contribution < 1.29 is 9.59 Å². The monoisotopic (exact) mass is 372 g/mol. The fourth-order valence-electron chi connectivity index (χ4n) is 4.30. The van der Waals surface area contributed by atoms with Gasteiger partial charge in [0.1, 0.15) is 12.1 Å². The lowest BCUT2D eigenvalue weighted by atomic mass is 9.94. The molecule has 6 nitrogen and oxygen atoms in total. The highest BCUT2D eigenvalue weighted by Crippen LogP contribution is 2.39. The highest BCUT2D eigenvalue weighted by Gasteiger charge is 2.45. The average Bonchev–Trinajstić information content (AvgIpc) is 3.32. The van der Waals surface area contributed by atoms with Crippen LogP contribution in [0, 0.1) is 0 Å². The molecule has 6 heteroatoms. The largest absolute Gasteiger partial charge is 0.361 e. The number of carbonyl (C=O) groups is 2. The number of benzene rings is 2. The van der Waals surface area contributed by atoms with E-state index in [1.165, 1.54) is 0 Å². The lowest BCUT2D eigenvalue weighted by Gasteiger charge is -2.41. The maximum Gasteiger partial charge on any atom is 0.250 e. The van der Waals surface area contributed by atoms with Gasteiger partial charge >= 0.3 is 0 Å². The van der Waals surface area contributed by atoms with Gasteiger partial charge in [0, 0.05) is 59.4 Å². The van der Waals surface area contributed by atoms with Crippen molar-refractivity contribution in [2.75, 3.05) is 14.1 Å². The third kappa shape index (κ3) is 2.21. The van der Waals surface area contributed by atoms with Crippen LogP contribution in [0.1, 0.15) is 23.2 Å². The molecule has 0 saturated carbocycles. The van der Waals surface area contributed by atoms with Crippen LogP contribution in [0.5, 0.6) is 0 Å². The lowest BCUT2D eigenvalue weighted by molar-refractivity contribution is -0.159. The summed E-state index contributed by atoms with van der Waals surface area (Å²) >= 11 is 0. The normalized spacial score (nSPS) is 20.5. The Morgan fingerprint density at radius 1 is 0.679 bits per heavy atom. The molecule has 2 N–H and O–H groups in total. The number of carbonyl (C=O) groups excluding carboxylic acids is 2. The van der Waals surface area contributed by atoms with Crippen molar-refractivity contribution in [3.8, 4) is 0 Å². The Labute approximate surface area is 161 Å². The number of hydrogen-bond acceptors (Lipinski definition) is 2. The van der Waals surface area contributed by atoms with Crippen molar-refractivity contribution in [2.45, 2.75) is 12.1 Å². The lowest BCUT2D eigenvalue weighted by Crippen LogP contribution is -2.54. The second kappa shape index (κ2) is 5.99. The summed E-state index contributed by atoms with van der Waals surface area (Å²) in [7, 11) is 3.42. The summed E-state index contributed by atoms with van der Waals surface area (Å²) in [4.78, 5) is 36.3. The first kappa shape index (κ1) is 16.6. The number of amides is 2. The van der Waals surface area contributed by atoms with Crippen LogP contribution in [-0.4, -0.2) is 45.7 Å². The van der Waals surface area contributed by atoms with Crippen LogP contribution >= 0.6 is 0 Å². The summed E-state index contributed by atoms with van der Waals surface area (Å²) in [6.45, 7) is 0. The minimum absolute atomic E-state index is 0.0952. The van der Waals surface area contributed by atoms with Crippen molar-refractivity contribution in [2.24, 2.45) is 0 Å². The van der Waals surface area contributed by atoms with Gasteiger partial charge in [-0.15, -0.1) is 0 Å². The highest BCUT2D eigenvalue weighted by atomic mass is 16.2. The van der Waals surface area contributed by atoms with Crippen molar-refractivity contribution in [3.05, 3.63) is 72.1 Å². The zero-order chi connectivity index (χ0) is 19.4. The minimum atomic E-state index is -0.643. The molecule has 1 fully saturated rings. The van der Waals surface area contributed by atoms with E-state index in [4.69, 9.17) is 0 Å². The molecule has 0 radical (unpaired) electrons. The minimum Gasteiger partial charge on any atom is -0.361 e. The molecule has 2 amide bonds. The molecule has 5 rings (SSSR count). The fraction of sp³-hybridized carbons (Fsp3) is 0.182. The highest BCUT2D eigenvalue weighted by molar-refractivity contribution is 6.02. The van der Waals surface area contributed by atoms with Crippen LogP contribution in [0.2, 0.25) is 0 Å². The van der Waals surface area contributed by atoms with Gasteiger partial charge in [0.2, 0.25) is 0 Å². The van der Waals surface area contributed by atoms with Crippen LogP contribution in [0.15, 0.2) is 60.9 Å². The molecule has 2 aromatic heterocycles. The molecule has 2 aromatic carbocycles. The van der Waals surface area contributed by atoms with Crippen LogP contribution in [0.3, 0.4) is 0 Å². The summed E-state index contributed by atoms with van der Waals surface area (Å²) in [6.07, 6.45) is 3.66. The number of nitrogens with zero attached hydrogens (tertiary/aromatic N) is 2. The van der Waals surface area contributed by atoms with Gasteiger partial charge in [-0.1, -0.05) is 36.4 Å². The second-order valence-corrected chi connectivity index (χ2v) is 7.28. The molecule has 3 heterocycles. The molecule has 0 aliphatic carbocycles. The predicted octanol–water partition coefficient (Wildman–Crippen LogP) is 3.36. The maximum absolute atomic E-state index is 13.4. The number of H-pyrrole nitrogens is 2. The summed E-state index contributed by atoms with van der Waals surface area (Å²) in [5.41, 5.74) is 3.54. The molecule has 1 saturated heterocycles. The Hall–Kier alpha value is -3.54. The van der Waals surface area contributed by atoms with Crippen molar-refractivity contribution in [3.63, 3.8) is 0 Å². The number of aromatic amines is 2. The Kier molecular flexibility index (Phi) is 3.55. The van der Waals surface area contributed by atoms with Crippen LogP contribution in [0.25, 0.3) is 21.8 Å². The van der Waals surface area contributed by atoms with Crippen molar-refractivity contribution in [1.82, 2.24) is 19.8 Å². The molecular formula is C22H20N4O2. The fourth-order valence-corrected chi connectivity index (χ4v) is 4.30. The van der Waals surface area contributed by atoms with Crippen LogP contribution in [0.4, 0.5) is 0 Å². The van der Waals surface area contributed by atoms with Crippen LogP contribution < -0.4 is 0 Å². The Bertz CT molecular complexity index is 1130. The Morgan fingerprint density at radius 3 is 1.50 bits per heavy atom. The van der Waals surface area contributed by atoms with E-state index in [1.54, 1.807) is 23.9 Å². The predicted molar refractivity (Wildman–Crippen MR) is 108 cm³/mol. The van der Waals surface area contributed by atoms with Crippen LogP contribution in [-0.2, 0) is 9.59 Å². The number of likely N-dealkylation sites (N-methyl/N-ethyl adjacent to an activating group) is 2. The molecule has 1 aliphatic heterocycles. The first-order valence-corrected chi connectivity index (χ1v) is 9.23. The van der Waals surface area contributed by atoms with E-state index in [-0.39, 0.29) is 11.8 Å². The maximum atomic E-state index is 13.4. The average molecular weight is 372 g/mol. The van der Waals surface area contributed by atoms with Crippen molar-refractivity contribution >= 4 is 33.6 Å². The summed E-state index contributed by atoms with van der Waals surface area (Å²) < 4.78 is 0. The zero-order valence-corrected chi connectivity index (χ0v) is 15.6. The summed E-state index contributed by atoms with van der Waals surface area (Å²) in [5, 5.41) is 1.92. The number of para-hydroxylation sites is 2. The number of rotatable bonds is 2. The van der Waals surface area contributed by atoms with Gasteiger partial charge < -0.3 is 19.8 Å². The topological polar surface area (TPSA) is 72.2 Å². The molecule has 4 aromatic rings. The third-order valence-corrected chi connectivity index (χ3v) is 5.77. The second-order valence-electron chi connectivity index (χ2n) is 7.28. The number of hydrogen-bond donors (Lipinski definition) is 2. The molecule has 0 bridgehead atoms. The van der Waals surface area contributed by atoms with Gasteiger partial charge in [-0.3, -0.25) is 9.59 Å². The van der Waals surface area contributed by atoms with E-state index in [9.17, 15) is 9.59 Å². The third-order valence-electron chi connectivity index (χ3n) is 5.77. The van der Waals surface area contributed by atoms with Gasteiger partial charge in [-0.25, -0.2) is 0 Å². The van der Waals surface area contributed by atoms with E-state index < -0.39 is 12.1 Å². The summed E-state index contributed by atoms with van der Waals surface area (Å²) in [5.74, 6) is -0.190. The number of nitrogens with one attached hydrogen (secondary N) is 2. The SMILES string of the molecule is CN1C(=O)[C@@H](c2c[nH]c3ccccc23)N(C)C(=O)[C@@H]1c1c[nH]c2ccccc12. The zero-order valence-electron chi connectivity index (χ0n) is 15.6. The number of fused-ring (bicyclic) bond motifs is 2. The van der Waals surface area contributed by atoms with Gasteiger partial charge in [0.15, 0.2) is 0 Å². The Morgan fingerprint density at radius 2 is 1.07 bits per heavy atom. The van der Waals surface area contributed by atoms with E-state index in [0.29, 0.717) is 0 Å². The van der Waals surface area contributed by atoms with E-state index >= 15 is 0 Å². The molecule has 140 valence electrons. The van der Waals surface area contributed by atoms with E-state index in [1.807, 2.05) is 60.9 Å². The molecule has 28 heavy (non-hydrogen) atoms. The standard InChI is InChI=1S/C22H20N4O2/c1-25-19(15-11-23-17-9-5-3-7-13(15)17)22(28)26(2)20(21(25)27)16-12-24-18-10-6-4-8-14(16)18/h3-12,19-20,23-24H,1-2H3/t19-,20+. The van der Waals surface area contributed by atoms with Gasteiger partial charge in [-0.2, -0.15) is 0 Å². The number of aromatic nitrogens is 2. The van der Waals surface area contributed by atoms with Crippen molar-refractivity contribution in [1.29, 1.82) is 0 Å².